The molecule has 0 aliphatic carbocycles. The second-order valence-electron chi connectivity index (χ2n) is 9.71. The van der Waals surface area contributed by atoms with E-state index >= 15 is 0 Å². The molecule has 0 bridgehead atoms. The Bertz CT molecular complexity index is 1440. The summed E-state index contributed by atoms with van der Waals surface area (Å²) in [4.78, 5) is 39.6. The fourth-order valence-electron chi connectivity index (χ4n) is 5.08. The molecule has 37 heavy (non-hydrogen) atoms. The zero-order valence-electron chi connectivity index (χ0n) is 21.1. The number of hydrogen-bond donors (Lipinski definition) is 1. The first kappa shape index (κ1) is 24.5. The molecule has 2 atom stereocenters. The van der Waals surface area contributed by atoms with Gasteiger partial charge in [-0.2, -0.15) is 0 Å². The van der Waals surface area contributed by atoms with Crippen molar-refractivity contribution in [1.29, 1.82) is 0 Å². The summed E-state index contributed by atoms with van der Waals surface area (Å²) < 4.78 is 6.03. The molecule has 1 fully saturated rings. The van der Waals surface area contributed by atoms with Crippen LogP contribution in [0.5, 0.6) is 0 Å². The van der Waals surface area contributed by atoms with Crippen LogP contribution in [-0.4, -0.2) is 35.1 Å². The van der Waals surface area contributed by atoms with Crippen molar-refractivity contribution in [1.82, 2.24) is 4.90 Å². The van der Waals surface area contributed by atoms with E-state index in [4.69, 9.17) is 4.42 Å². The number of anilines is 1. The molecule has 1 N–H and O–H groups in total. The number of likely N-dealkylation sites (tertiary alicyclic amines) is 1. The van der Waals surface area contributed by atoms with Crippen LogP contribution >= 0.6 is 0 Å². The lowest BCUT2D eigenvalue weighted by atomic mass is 9.97. The summed E-state index contributed by atoms with van der Waals surface area (Å²) in [6.45, 7) is 4.01. The lowest BCUT2D eigenvalue weighted by Gasteiger charge is -2.27. The normalized spacial score (nSPS) is 16.1. The predicted molar refractivity (Wildman–Crippen MR) is 144 cm³/mol. The van der Waals surface area contributed by atoms with Crippen LogP contribution in [0.15, 0.2) is 83.3 Å². The number of furan rings is 1. The first-order chi connectivity index (χ1) is 17.9. The van der Waals surface area contributed by atoms with Gasteiger partial charge >= 0.3 is 0 Å². The number of carbonyl (C=O) groups excluding carboxylic acids is 3. The third-order valence-corrected chi connectivity index (χ3v) is 7.03. The van der Waals surface area contributed by atoms with Gasteiger partial charge < -0.3 is 14.6 Å². The van der Waals surface area contributed by atoms with Crippen molar-refractivity contribution in [2.24, 2.45) is 0 Å². The molecule has 1 aliphatic rings. The van der Waals surface area contributed by atoms with E-state index in [0.717, 1.165) is 45.5 Å². The van der Waals surface area contributed by atoms with E-state index < -0.39 is 0 Å². The number of nitrogens with zero attached hydrogens (tertiary/aromatic N) is 1. The Balaban J connectivity index is 1.29. The molecule has 2 heterocycles. The van der Waals surface area contributed by atoms with Crippen LogP contribution in [0.2, 0.25) is 0 Å². The molecule has 4 aromatic rings. The minimum absolute atomic E-state index is 0.0153. The molecule has 0 saturated carbocycles. The maximum absolute atomic E-state index is 13.3. The third-order valence-electron chi connectivity index (χ3n) is 7.03. The standard InChI is InChI=1S/C31H30N2O4/c1-20(23-7-4-3-5-8-23)31(36)33-16-6-9-27(33)28(35)18-22-10-15-29-25(17-22)19-30(37-29)24-11-13-26(14-12-24)32-21(2)34/h3-5,7-8,10-15,17,19-20,27H,6,9,16,18H2,1-2H3,(H,32,34)/t20-,27?/m1/s1. The molecule has 5 rings (SSSR count). The number of amides is 2. The molecule has 1 saturated heterocycles. The monoisotopic (exact) mass is 494 g/mol. The van der Waals surface area contributed by atoms with Crippen LogP contribution < -0.4 is 5.32 Å². The summed E-state index contributed by atoms with van der Waals surface area (Å²) in [6, 6.07) is 24.6. The number of rotatable bonds is 7. The zero-order chi connectivity index (χ0) is 25.9. The van der Waals surface area contributed by atoms with E-state index in [1.54, 1.807) is 4.90 Å². The van der Waals surface area contributed by atoms with Crippen molar-refractivity contribution in [3.63, 3.8) is 0 Å². The van der Waals surface area contributed by atoms with E-state index in [2.05, 4.69) is 5.32 Å². The van der Waals surface area contributed by atoms with Gasteiger partial charge in [0.2, 0.25) is 11.8 Å². The summed E-state index contributed by atoms with van der Waals surface area (Å²) in [5, 5.41) is 3.68. The van der Waals surface area contributed by atoms with Crippen molar-refractivity contribution in [2.45, 2.75) is 45.1 Å². The molecular weight excluding hydrogens is 464 g/mol. The van der Waals surface area contributed by atoms with Crippen molar-refractivity contribution in [2.75, 3.05) is 11.9 Å². The largest absolute Gasteiger partial charge is 0.456 e. The Morgan fingerprint density at radius 2 is 1.76 bits per heavy atom. The molecule has 1 aromatic heterocycles. The molecule has 2 amide bonds. The van der Waals surface area contributed by atoms with Crippen LogP contribution in [0.4, 0.5) is 5.69 Å². The van der Waals surface area contributed by atoms with Crippen LogP contribution in [-0.2, 0) is 20.8 Å². The highest BCUT2D eigenvalue weighted by molar-refractivity contribution is 5.94. The van der Waals surface area contributed by atoms with Crippen LogP contribution in [0.3, 0.4) is 0 Å². The second-order valence-corrected chi connectivity index (χ2v) is 9.71. The minimum atomic E-state index is -0.378. The van der Waals surface area contributed by atoms with Gasteiger partial charge in [0.25, 0.3) is 0 Å². The van der Waals surface area contributed by atoms with Crippen LogP contribution in [0.25, 0.3) is 22.3 Å². The first-order valence-electron chi connectivity index (χ1n) is 12.7. The predicted octanol–water partition coefficient (Wildman–Crippen LogP) is 5.96. The maximum atomic E-state index is 13.3. The highest BCUT2D eigenvalue weighted by Crippen LogP contribution is 2.30. The van der Waals surface area contributed by atoms with Crippen molar-refractivity contribution in [3.8, 4) is 11.3 Å². The lowest BCUT2D eigenvalue weighted by Crippen LogP contribution is -2.43. The smallest absolute Gasteiger partial charge is 0.230 e. The summed E-state index contributed by atoms with van der Waals surface area (Å²) in [7, 11) is 0. The molecule has 188 valence electrons. The number of hydrogen-bond acceptors (Lipinski definition) is 4. The fraction of sp³-hybridized carbons (Fsp3) is 0.258. The number of ketones is 1. The molecule has 0 spiro atoms. The molecule has 6 heteroatoms. The van der Waals surface area contributed by atoms with Gasteiger partial charge in [0.1, 0.15) is 11.3 Å². The number of nitrogens with one attached hydrogen (secondary N) is 1. The Morgan fingerprint density at radius 1 is 1.00 bits per heavy atom. The zero-order valence-corrected chi connectivity index (χ0v) is 21.1. The number of carbonyl (C=O) groups is 3. The lowest BCUT2D eigenvalue weighted by molar-refractivity contribution is -0.138. The van der Waals surface area contributed by atoms with Crippen molar-refractivity contribution >= 4 is 34.3 Å². The van der Waals surface area contributed by atoms with Crippen LogP contribution in [0.1, 0.15) is 43.7 Å². The van der Waals surface area contributed by atoms with Crippen molar-refractivity contribution < 1.29 is 18.8 Å². The van der Waals surface area contributed by atoms with Crippen LogP contribution in [0, 0.1) is 0 Å². The fourth-order valence-corrected chi connectivity index (χ4v) is 5.08. The van der Waals surface area contributed by atoms with Gasteiger partial charge in [0.15, 0.2) is 5.78 Å². The SMILES string of the molecule is CC(=O)Nc1ccc(-c2cc3cc(CC(=O)C4CCCN4C(=O)[C@H](C)c4ccccc4)ccc3o2)cc1. The van der Waals surface area contributed by atoms with Gasteiger partial charge in [0.05, 0.1) is 12.0 Å². The Morgan fingerprint density at radius 3 is 2.49 bits per heavy atom. The minimum Gasteiger partial charge on any atom is -0.456 e. The van der Waals surface area contributed by atoms with E-state index in [0.29, 0.717) is 13.0 Å². The number of Topliss-reactive ketones (excluding diaryl/α,β-unsaturated/α-hetero) is 1. The summed E-state index contributed by atoms with van der Waals surface area (Å²) in [5.41, 5.74) is 4.24. The summed E-state index contributed by atoms with van der Waals surface area (Å²) in [5.74, 6) is 0.413. The van der Waals surface area contributed by atoms with E-state index in [-0.39, 0.29) is 36.0 Å². The van der Waals surface area contributed by atoms with E-state index in [9.17, 15) is 14.4 Å². The molecule has 3 aromatic carbocycles. The van der Waals surface area contributed by atoms with Gasteiger partial charge in [-0.05, 0) is 73.4 Å². The Kier molecular flexibility index (Phi) is 6.91. The molecule has 0 radical (unpaired) electrons. The van der Waals surface area contributed by atoms with Gasteiger partial charge in [-0.3, -0.25) is 14.4 Å². The molecule has 1 aliphatic heterocycles. The van der Waals surface area contributed by atoms with Gasteiger partial charge in [-0.1, -0.05) is 36.4 Å². The third kappa shape index (κ3) is 5.33. The molecule has 6 nitrogen and oxygen atoms in total. The number of fused-ring (bicyclic) bond motifs is 1. The highest BCUT2D eigenvalue weighted by atomic mass is 16.3. The first-order valence-corrected chi connectivity index (χ1v) is 12.7. The highest BCUT2D eigenvalue weighted by Gasteiger charge is 2.35. The summed E-state index contributed by atoms with van der Waals surface area (Å²) in [6.07, 6.45) is 1.82. The maximum Gasteiger partial charge on any atom is 0.230 e. The van der Waals surface area contributed by atoms with E-state index in [1.165, 1.54) is 6.92 Å². The van der Waals surface area contributed by atoms with Gasteiger partial charge in [0, 0.05) is 36.5 Å². The van der Waals surface area contributed by atoms with Crippen molar-refractivity contribution in [3.05, 3.63) is 90.0 Å². The quantitative estimate of drug-likeness (QED) is 0.344. The molecular formula is C31H30N2O4. The average Bonchev–Trinajstić information content (AvgIpc) is 3.56. The average molecular weight is 495 g/mol. The van der Waals surface area contributed by atoms with Gasteiger partial charge in [-0.15, -0.1) is 0 Å². The summed E-state index contributed by atoms with van der Waals surface area (Å²) >= 11 is 0. The van der Waals surface area contributed by atoms with E-state index in [1.807, 2.05) is 85.8 Å². The second kappa shape index (κ2) is 10.4. The Hall–Kier alpha value is -4.19. The number of benzene rings is 3. The Labute approximate surface area is 216 Å². The van der Waals surface area contributed by atoms with Gasteiger partial charge in [-0.25, -0.2) is 0 Å². The topological polar surface area (TPSA) is 79.6 Å². The molecule has 1 unspecified atom stereocenters.